The maximum absolute atomic E-state index is 12.5. The molecular formula is C20H21BrN2O. The highest BCUT2D eigenvalue weighted by molar-refractivity contribution is 9.10. The molecule has 2 N–H and O–H groups in total. The molecule has 0 unspecified atom stereocenters. The second-order valence-electron chi connectivity index (χ2n) is 7.46. The molecule has 2 heterocycles. The van der Waals surface area contributed by atoms with Crippen LogP contribution in [-0.4, -0.2) is 10.9 Å². The summed E-state index contributed by atoms with van der Waals surface area (Å²) in [7, 11) is 0. The zero-order valence-electron chi connectivity index (χ0n) is 14.2. The number of hydrogen-bond donors (Lipinski definition) is 2. The Morgan fingerprint density at radius 2 is 2.08 bits per heavy atom. The summed E-state index contributed by atoms with van der Waals surface area (Å²) in [6, 6.07) is 6.15. The summed E-state index contributed by atoms with van der Waals surface area (Å²) in [5, 5.41) is 2.97. The molecule has 0 radical (unpaired) electrons. The second kappa shape index (κ2) is 5.35. The number of carbonyl (C=O) groups excluding carboxylic acids is 1. The van der Waals surface area contributed by atoms with Crippen LogP contribution in [0.1, 0.15) is 54.8 Å². The number of halogens is 1. The summed E-state index contributed by atoms with van der Waals surface area (Å²) in [5.41, 5.74) is 7.66. The first kappa shape index (κ1) is 15.7. The largest absolute Gasteiger partial charge is 0.359 e. The van der Waals surface area contributed by atoms with Crippen molar-refractivity contribution in [1.29, 1.82) is 0 Å². The van der Waals surface area contributed by atoms with Gasteiger partial charge >= 0.3 is 0 Å². The molecule has 2 aromatic rings. The zero-order chi connectivity index (χ0) is 17.1. The average Bonchev–Trinajstić information content (AvgIpc) is 3.06. The summed E-state index contributed by atoms with van der Waals surface area (Å²) in [6.45, 7) is 6.64. The fourth-order valence-electron chi connectivity index (χ4n) is 3.97. The molecule has 3 nitrogen and oxygen atoms in total. The summed E-state index contributed by atoms with van der Waals surface area (Å²) < 4.78 is 1.02. The lowest BCUT2D eigenvalue weighted by Gasteiger charge is -2.29. The number of rotatable bonds is 1. The van der Waals surface area contributed by atoms with Crippen molar-refractivity contribution in [3.05, 3.63) is 50.8 Å². The van der Waals surface area contributed by atoms with Gasteiger partial charge in [0.05, 0.1) is 5.57 Å². The fraction of sp³-hybridized carbons (Fsp3) is 0.350. The Morgan fingerprint density at radius 1 is 1.29 bits per heavy atom. The predicted molar refractivity (Wildman–Crippen MR) is 102 cm³/mol. The number of nitrogens with one attached hydrogen (secondary N) is 2. The molecule has 1 amide bonds. The zero-order valence-corrected chi connectivity index (χ0v) is 15.8. The van der Waals surface area contributed by atoms with Crippen LogP contribution < -0.4 is 5.32 Å². The molecule has 124 valence electrons. The van der Waals surface area contributed by atoms with Crippen LogP contribution in [0.15, 0.2) is 22.7 Å². The second-order valence-corrected chi connectivity index (χ2v) is 8.32. The van der Waals surface area contributed by atoms with Crippen molar-refractivity contribution in [2.45, 2.75) is 45.4 Å². The van der Waals surface area contributed by atoms with Crippen LogP contribution in [0, 0.1) is 6.92 Å². The number of hydrogen-bond acceptors (Lipinski definition) is 1. The minimum absolute atomic E-state index is 0.0296. The van der Waals surface area contributed by atoms with Gasteiger partial charge in [-0.25, -0.2) is 0 Å². The Labute approximate surface area is 150 Å². The van der Waals surface area contributed by atoms with Gasteiger partial charge in [0.1, 0.15) is 0 Å². The Morgan fingerprint density at radius 3 is 2.83 bits per heavy atom. The van der Waals surface area contributed by atoms with Crippen LogP contribution in [0.3, 0.4) is 0 Å². The maximum Gasteiger partial charge on any atom is 0.256 e. The van der Waals surface area contributed by atoms with Gasteiger partial charge < -0.3 is 10.3 Å². The predicted octanol–water partition coefficient (Wildman–Crippen LogP) is 5.19. The van der Waals surface area contributed by atoms with Gasteiger partial charge in [-0.3, -0.25) is 4.79 Å². The third kappa shape index (κ3) is 2.35. The van der Waals surface area contributed by atoms with Crippen molar-refractivity contribution in [3.63, 3.8) is 0 Å². The van der Waals surface area contributed by atoms with E-state index in [1.165, 1.54) is 24.1 Å². The van der Waals surface area contributed by atoms with Gasteiger partial charge in [-0.1, -0.05) is 29.8 Å². The molecule has 0 saturated carbocycles. The van der Waals surface area contributed by atoms with Crippen LogP contribution in [0.5, 0.6) is 0 Å². The van der Waals surface area contributed by atoms with E-state index >= 15 is 0 Å². The number of carbonyl (C=O) groups is 1. The molecule has 24 heavy (non-hydrogen) atoms. The lowest BCUT2D eigenvalue weighted by atomic mass is 9.75. The van der Waals surface area contributed by atoms with Gasteiger partial charge in [-0.05, 0) is 67.0 Å². The summed E-state index contributed by atoms with van der Waals surface area (Å²) in [6.07, 6.45) is 5.51. The molecule has 0 atom stereocenters. The minimum Gasteiger partial charge on any atom is -0.359 e. The molecule has 4 rings (SSSR count). The number of aromatic amines is 1. The first-order chi connectivity index (χ1) is 11.4. The number of amides is 1. The van der Waals surface area contributed by atoms with Crippen LogP contribution in [0.25, 0.3) is 11.6 Å². The van der Waals surface area contributed by atoms with Crippen molar-refractivity contribution in [1.82, 2.24) is 4.98 Å². The molecule has 1 aliphatic carbocycles. The normalized spacial score (nSPS) is 20.0. The topological polar surface area (TPSA) is 44.9 Å². The molecule has 0 fully saturated rings. The van der Waals surface area contributed by atoms with E-state index in [1.54, 1.807) is 0 Å². The molecule has 1 aromatic carbocycles. The van der Waals surface area contributed by atoms with Gasteiger partial charge in [0.15, 0.2) is 0 Å². The fourth-order valence-corrected chi connectivity index (χ4v) is 4.31. The van der Waals surface area contributed by atoms with E-state index < -0.39 is 0 Å². The number of fused-ring (bicyclic) bond motifs is 2. The van der Waals surface area contributed by atoms with E-state index in [0.29, 0.717) is 0 Å². The monoisotopic (exact) mass is 384 g/mol. The number of anilines is 1. The van der Waals surface area contributed by atoms with E-state index in [-0.39, 0.29) is 11.3 Å². The van der Waals surface area contributed by atoms with Crippen LogP contribution in [0.2, 0.25) is 0 Å². The number of aryl methyl sites for hydroxylation is 1. The first-order valence-electron chi connectivity index (χ1n) is 8.42. The van der Waals surface area contributed by atoms with Crippen molar-refractivity contribution in [2.24, 2.45) is 0 Å². The first-order valence-corrected chi connectivity index (χ1v) is 9.21. The molecule has 2 aliphatic rings. The standard InChI is InChI=1S/C20H21BrN2O/c1-11-15(21)6-7-17-18(11)13(19(24)23-17)9-12-10-14-16(22-12)5-4-8-20(14,2)3/h6-7,9-10,22H,4-5,8H2,1-3H3,(H,23,24). The lowest BCUT2D eigenvalue weighted by Crippen LogP contribution is -2.22. The Balaban J connectivity index is 1.83. The van der Waals surface area contributed by atoms with Gasteiger partial charge in [-0.15, -0.1) is 0 Å². The van der Waals surface area contributed by atoms with Gasteiger partial charge in [0.2, 0.25) is 0 Å². The van der Waals surface area contributed by atoms with E-state index in [1.807, 2.05) is 25.1 Å². The van der Waals surface area contributed by atoms with Crippen LogP contribution >= 0.6 is 15.9 Å². The molecule has 4 heteroatoms. The molecule has 1 aliphatic heterocycles. The summed E-state index contributed by atoms with van der Waals surface area (Å²) in [5.74, 6) is -0.0296. The van der Waals surface area contributed by atoms with Gasteiger partial charge in [-0.2, -0.15) is 0 Å². The third-order valence-corrected chi connectivity index (χ3v) is 6.20. The highest BCUT2D eigenvalue weighted by Gasteiger charge is 2.30. The van der Waals surface area contributed by atoms with E-state index in [2.05, 4.69) is 46.1 Å². The summed E-state index contributed by atoms with van der Waals surface area (Å²) >= 11 is 3.57. The van der Waals surface area contributed by atoms with E-state index in [0.717, 1.165) is 39.0 Å². The maximum atomic E-state index is 12.5. The van der Waals surface area contributed by atoms with Gasteiger partial charge in [0.25, 0.3) is 5.91 Å². The SMILES string of the molecule is Cc1c(Br)ccc2c1C(=Cc1cc3c([nH]1)CCCC3(C)C)C(=O)N2. The van der Waals surface area contributed by atoms with Crippen molar-refractivity contribution in [2.75, 3.05) is 5.32 Å². The Kier molecular flexibility index (Phi) is 3.50. The highest BCUT2D eigenvalue weighted by atomic mass is 79.9. The van der Waals surface area contributed by atoms with Crippen LogP contribution in [0.4, 0.5) is 5.69 Å². The minimum atomic E-state index is -0.0296. The van der Waals surface area contributed by atoms with Crippen molar-refractivity contribution >= 4 is 39.2 Å². The molecular weight excluding hydrogens is 364 g/mol. The molecule has 1 aromatic heterocycles. The molecule has 0 saturated heterocycles. The Hall–Kier alpha value is -1.81. The van der Waals surface area contributed by atoms with Crippen molar-refractivity contribution in [3.8, 4) is 0 Å². The summed E-state index contributed by atoms with van der Waals surface area (Å²) in [4.78, 5) is 16.0. The van der Waals surface area contributed by atoms with E-state index in [4.69, 9.17) is 0 Å². The van der Waals surface area contributed by atoms with Crippen LogP contribution in [-0.2, 0) is 16.6 Å². The van der Waals surface area contributed by atoms with Crippen molar-refractivity contribution < 1.29 is 4.79 Å². The third-order valence-electron chi connectivity index (χ3n) is 5.34. The average molecular weight is 385 g/mol. The highest BCUT2D eigenvalue weighted by Crippen LogP contribution is 2.40. The Bertz CT molecular complexity index is 889. The molecule has 0 spiro atoms. The number of H-pyrrole nitrogens is 1. The molecule has 0 bridgehead atoms. The smallest absolute Gasteiger partial charge is 0.256 e. The number of aromatic nitrogens is 1. The van der Waals surface area contributed by atoms with Gasteiger partial charge in [0, 0.05) is 27.1 Å². The lowest BCUT2D eigenvalue weighted by molar-refractivity contribution is -0.110. The number of benzene rings is 1. The van der Waals surface area contributed by atoms with E-state index in [9.17, 15) is 4.79 Å². The quantitative estimate of drug-likeness (QED) is 0.652.